The molecule has 0 unspecified atom stereocenters. The number of pyridine rings is 1. The van der Waals surface area contributed by atoms with Crippen LogP contribution in [0.4, 0.5) is 0 Å². The van der Waals surface area contributed by atoms with Gasteiger partial charge >= 0.3 is 0 Å². The SMILES string of the molecule is C#CCCCNS(=O)(=O)c1cccnc1Cl. The summed E-state index contributed by atoms with van der Waals surface area (Å²) in [5, 5.41) is -0.0352. The molecule has 0 radical (unpaired) electrons. The Kier molecular flexibility index (Phi) is 4.74. The molecule has 1 rings (SSSR count). The van der Waals surface area contributed by atoms with Gasteiger partial charge in [-0.15, -0.1) is 12.3 Å². The van der Waals surface area contributed by atoms with Gasteiger partial charge in [0.2, 0.25) is 10.0 Å². The second-order valence-electron chi connectivity index (χ2n) is 3.00. The molecular formula is C10H11ClN2O2S. The molecule has 1 heterocycles. The number of aromatic nitrogens is 1. The van der Waals surface area contributed by atoms with Gasteiger partial charge in [0, 0.05) is 19.2 Å². The lowest BCUT2D eigenvalue weighted by Crippen LogP contribution is -2.25. The molecule has 1 N–H and O–H groups in total. The Morgan fingerprint density at radius 2 is 2.31 bits per heavy atom. The highest BCUT2D eigenvalue weighted by Crippen LogP contribution is 2.17. The van der Waals surface area contributed by atoms with Gasteiger partial charge in [0.05, 0.1) is 0 Å². The van der Waals surface area contributed by atoms with Gasteiger partial charge in [-0.2, -0.15) is 0 Å². The standard InChI is InChI=1S/C10H11ClN2O2S/c1-2-3-4-8-13-16(14,15)9-6-5-7-12-10(9)11/h1,5-7,13H,3-4,8H2. The lowest BCUT2D eigenvalue weighted by Gasteiger charge is -2.06. The number of hydrogen-bond donors (Lipinski definition) is 1. The van der Waals surface area contributed by atoms with Crippen LogP contribution >= 0.6 is 11.6 Å². The first-order chi connectivity index (χ1) is 7.58. The maximum absolute atomic E-state index is 11.7. The molecule has 16 heavy (non-hydrogen) atoms. The van der Waals surface area contributed by atoms with Crippen molar-refractivity contribution >= 4 is 21.6 Å². The summed E-state index contributed by atoms with van der Waals surface area (Å²) in [6.45, 7) is 0.289. The average Bonchev–Trinajstić information content (AvgIpc) is 2.25. The fourth-order valence-corrected chi connectivity index (χ4v) is 2.57. The lowest BCUT2D eigenvalue weighted by molar-refractivity contribution is 0.579. The molecule has 0 saturated heterocycles. The minimum absolute atomic E-state index is 0.0163. The van der Waals surface area contributed by atoms with Gasteiger partial charge in [-0.25, -0.2) is 18.1 Å². The number of nitrogens with one attached hydrogen (secondary N) is 1. The van der Waals surface area contributed by atoms with Crippen LogP contribution in [0.2, 0.25) is 5.15 Å². The Labute approximate surface area is 100 Å². The van der Waals surface area contributed by atoms with E-state index in [1.807, 2.05) is 0 Å². The molecule has 0 aliphatic rings. The Morgan fingerprint density at radius 1 is 1.56 bits per heavy atom. The zero-order chi connectivity index (χ0) is 12.0. The molecule has 0 atom stereocenters. The van der Waals surface area contributed by atoms with E-state index in [2.05, 4.69) is 15.6 Å². The molecule has 1 aromatic rings. The van der Waals surface area contributed by atoms with Gasteiger partial charge < -0.3 is 0 Å². The van der Waals surface area contributed by atoms with E-state index in [-0.39, 0.29) is 16.6 Å². The maximum atomic E-state index is 11.7. The van der Waals surface area contributed by atoms with E-state index in [4.69, 9.17) is 18.0 Å². The van der Waals surface area contributed by atoms with Crippen LogP contribution in [0.25, 0.3) is 0 Å². The summed E-state index contributed by atoms with van der Waals surface area (Å²) in [6, 6.07) is 2.92. The van der Waals surface area contributed by atoms with Gasteiger partial charge in [0.25, 0.3) is 0 Å². The Hall–Kier alpha value is -1.09. The van der Waals surface area contributed by atoms with Gasteiger partial charge in [0.1, 0.15) is 10.0 Å². The van der Waals surface area contributed by atoms with Crippen molar-refractivity contribution in [3.8, 4) is 12.3 Å². The number of unbranched alkanes of at least 4 members (excludes halogenated alkanes) is 1. The topological polar surface area (TPSA) is 59.1 Å². The van der Waals surface area contributed by atoms with Crippen LogP contribution in [-0.2, 0) is 10.0 Å². The molecular weight excluding hydrogens is 248 g/mol. The van der Waals surface area contributed by atoms with E-state index in [9.17, 15) is 8.42 Å². The molecule has 6 heteroatoms. The number of hydrogen-bond acceptors (Lipinski definition) is 3. The van der Waals surface area contributed by atoms with E-state index in [1.165, 1.54) is 18.3 Å². The third-order valence-corrected chi connectivity index (χ3v) is 3.71. The molecule has 0 amide bonds. The van der Waals surface area contributed by atoms with Crippen molar-refractivity contribution in [2.24, 2.45) is 0 Å². The smallest absolute Gasteiger partial charge is 0.243 e. The van der Waals surface area contributed by atoms with E-state index < -0.39 is 10.0 Å². The van der Waals surface area contributed by atoms with Crippen LogP contribution in [0.3, 0.4) is 0 Å². The van der Waals surface area contributed by atoms with Crippen molar-refractivity contribution < 1.29 is 8.42 Å². The van der Waals surface area contributed by atoms with Crippen molar-refractivity contribution in [2.75, 3.05) is 6.54 Å². The van der Waals surface area contributed by atoms with E-state index in [0.717, 1.165) is 0 Å². The zero-order valence-electron chi connectivity index (χ0n) is 8.48. The fraction of sp³-hybridized carbons (Fsp3) is 0.300. The molecule has 86 valence electrons. The second kappa shape index (κ2) is 5.85. The van der Waals surface area contributed by atoms with Crippen molar-refractivity contribution in [3.63, 3.8) is 0 Å². The normalized spacial score (nSPS) is 11.0. The van der Waals surface area contributed by atoms with Crippen LogP contribution in [0, 0.1) is 12.3 Å². The summed E-state index contributed by atoms with van der Waals surface area (Å²) < 4.78 is 25.9. The molecule has 0 bridgehead atoms. The Bertz CT molecular complexity index is 494. The first-order valence-electron chi connectivity index (χ1n) is 4.61. The van der Waals surface area contributed by atoms with Crippen LogP contribution < -0.4 is 4.72 Å². The van der Waals surface area contributed by atoms with Gasteiger partial charge in [-0.1, -0.05) is 11.6 Å². The molecule has 4 nitrogen and oxygen atoms in total. The molecule has 0 aliphatic heterocycles. The number of terminal acetylenes is 1. The highest BCUT2D eigenvalue weighted by molar-refractivity contribution is 7.89. The summed E-state index contributed by atoms with van der Waals surface area (Å²) in [5.74, 6) is 2.43. The largest absolute Gasteiger partial charge is 0.243 e. The minimum Gasteiger partial charge on any atom is -0.243 e. The van der Waals surface area contributed by atoms with Gasteiger partial charge in [-0.3, -0.25) is 0 Å². The van der Waals surface area contributed by atoms with E-state index >= 15 is 0 Å². The van der Waals surface area contributed by atoms with Crippen LogP contribution in [0.5, 0.6) is 0 Å². The fourth-order valence-electron chi connectivity index (χ4n) is 1.05. The molecule has 1 aromatic heterocycles. The number of sulfonamides is 1. The zero-order valence-corrected chi connectivity index (χ0v) is 10.1. The summed E-state index contributed by atoms with van der Waals surface area (Å²) in [6.07, 6.45) is 7.61. The number of rotatable bonds is 5. The monoisotopic (exact) mass is 258 g/mol. The van der Waals surface area contributed by atoms with E-state index in [0.29, 0.717) is 12.8 Å². The number of halogens is 1. The predicted octanol–water partition coefficient (Wildman–Crippen LogP) is 1.43. The van der Waals surface area contributed by atoms with Crippen molar-refractivity contribution in [1.82, 2.24) is 9.71 Å². The van der Waals surface area contributed by atoms with Gasteiger partial charge in [0.15, 0.2) is 0 Å². The predicted molar refractivity (Wildman–Crippen MR) is 62.5 cm³/mol. The summed E-state index contributed by atoms with van der Waals surface area (Å²) in [4.78, 5) is 3.69. The third kappa shape index (κ3) is 3.49. The van der Waals surface area contributed by atoms with Crippen LogP contribution in [0.1, 0.15) is 12.8 Å². The number of nitrogens with zero attached hydrogens (tertiary/aromatic N) is 1. The maximum Gasteiger partial charge on any atom is 0.243 e. The summed E-state index contributed by atoms with van der Waals surface area (Å²) >= 11 is 5.69. The highest BCUT2D eigenvalue weighted by Gasteiger charge is 2.17. The van der Waals surface area contributed by atoms with Crippen molar-refractivity contribution in [1.29, 1.82) is 0 Å². The lowest BCUT2D eigenvalue weighted by atomic mass is 10.3. The quantitative estimate of drug-likeness (QED) is 0.494. The second-order valence-corrected chi connectivity index (χ2v) is 5.09. The van der Waals surface area contributed by atoms with Crippen LogP contribution in [-0.4, -0.2) is 19.9 Å². The third-order valence-electron chi connectivity index (χ3n) is 1.80. The molecule has 0 aliphatic carbocycles. The molecule has 0 fully saturated rings. The molecule has 0 aromatic carbocycles. The van der Waals surface area contributed by atoms with Crippen LogP contribution in [0.15, 0.2) is 23.2 Å². The first kappa shape index (κ1) is 13.0. The Balaban J connectivity index is 2.72. The van der Waals surface area contributed by atoms with Crippen molar-refractivity contribution in [3.05, 3.63) is 23.5 Å². The molecule has 0 saturated carbocycles. The average molecular weight is 259 g/mol. The highest BCUT2D eigenvalue weighted by atomic mass is 35.5. The molecule has 0 spiro atoms. The summed E-state index contributed by atoms with van der Waals surface area (Å²) in [7, 11) is -3.58. The van der Waals surface area contributed by atoms with Crippen molar-refractivity contribution in [2.45, 2.75) is 17.7 Å². The first-order valence-corrected chi connectivity index (χ1v) is 6.47. The van der Waals surface area contributed by atoms with E-state index in [1.54, 1.807) is 0 Å². The van der Waals surface area contributed by atoms with Gasteiger partial charge in [-0.05, 0) is 18.6 Å². The summed E-state index contributed by atoms with van der Waals surface area (Å²) in [5.41, 5.74) is 0. The Morgan fingerprint density at radius 3 is 2.94 bits per heavy atom. The minimum atomic E-state index is -3.58.